The molecule has 3 aromatic rings. The molecule has 0 bridgehead atoms. The van der Waals surface area contributed by atoms with Crippen LogP contribution in [-0.2, 0) is 19.3 Å². The number of rotatable bonds is 10. The molecular formula is C29H36N2O2. The van der Waals surface area contributed by atoms with E-state index in [2.05, 4.69) is 78.9 Å². The number of ether oxygens (including phenoxy) is 1. The Morgan fingerprint density at radius 3 is 2.64 bits per heavy atom. The minimum Gasteiger partial charge on any atom is -0.508 e. The summed E-state index contributed by atoms with van der Waals surface area (Å²) in [7, 11) is 4.11. The molecule has 174 valence electrons. The summed E-state index contributed by atoms with van der Waals surface area (Å²) in [5.74, 6) is 1.84. The second kappa shape index (κ2) is 11.2. The number of anilines is 1. The highest BCUT2D eigenvalue weighted by molar-refractivity contribution is 5.54. The molecule has 0 aromatic heterocycles. The summed E-state index contributed by atoms with van der Waals surface area (Å²) in [5.41, 5.74) is 6.68. The third kappa shape index (κ3) is 6.52. The lowest BCUT2D eigenvalue weighted by atomic mass is 9.79. The first-order valence-electron chi connectivity index (χ1n) is 12.1. The van der Waals surface area contributed by atoms with Crippen LogP contribution in [0.15, 0.2) is 66.7 Å². The smallest absolute Gasteiger partial charge is 0.119 e. The highest BCUT2D eigenvalue weighted by Crippen LogP contribution is 2.37. The summed E-state index contributed by atoms with van der Waals surface area (Å²) in [6.07, 6.45) is 5.32. The Morgan fingerprint density at radius 1 is 1.00 bits per heavy atom. The molecule has 0 spiro atoms. The molecule has 4 rings (SSSR count). The predicted molar refractivity (Wildman–Crippen MR) is 137 cm³/mol. The van der Waals surface area contributed by atoms with E-state index in [1.54, 1.807) is 0 Å². The van der Waals surface area contributed by atoms with Gasteiger partial charge in [0.2, 0.25) is 0 Å². The van der Waals surface area contributed by atoms with Gasteiger partial charge in [-0.25, -0.2) is 0 Å². The molecule has 0 radical (unpaired) electrons. The number of aromatic hydroxyl groups is 1. The van der Waals surface area contributed by atoms with E-state index in [9.17, 15) is 5.11 Å². The van der Waals surface area contributed by atoms with E-state index in [-0.39, 0.29) is 0 Å². The van der Waals surface area contributed by atoms with Crippen LogP contribution in [0.2, 0.25) is 0 Å². The fourth-order valence-corrected chi connectivity index (χ4v) is 4.63. The number of phenols is 1. The van der Waals surface area contributed by atoms with Gasteiger partial charge in [0.15, 0.2) is 0 Å². The van der Waals surface area contributed by atoms with Gasteiger partial charge in [0.05, 0.1) is 0 Å². The van der Waals surface area contributed by atoms with E-state index in [0.717, 1.165) is 50.9 Å². The number of nitrogens with zero attached hydrogens (tertiary/aromatic N) is 1. The van der Waals surface area contributed by atoms with E-state index in [0.29, 0.717) is 18.3 Å². The molecule has 2 N–H and O–H groups in total. The van der Waals surface area contributed by atoms with Crippen LogP contribution in [0.3, 0.4) is 0 Å². The predicted octanol–water partition coefficient (Wildman–Crippen LogP) is 5.65. The zero-order valence-corrected chi connectivity index (χ0v) is 19.9. The van der Waals surface area contributed by atoms with Crippen LogP contribution < -0.4 is 10.1 Å². The van der Waals surface area contributed by atoms with Gasteiger partial charge in [-0.15, -0.1) is 0 Å². The van der Waals surface area contributed by atoms with Crippen molar-refractivity contribution in [2.45, 2.75) is 38.0 Å². The molecule has 0 unspecified atom stereocenters. The van der Waals surface area contributed by atoms with Crippen molar-refractivity contribution in [3.05, 3.63) is 89.0 Å². The van der Waals surface area contributed by atoms with E-state index >= 15 is 0 Å². The highest BCUT2D eigenvalue weighted by Gasteiger charge is 2.22. The number of hydrogen-bond acceptors (Lipinski definition) is 4. The summed E-state index contributed by atoms with van der Waals surface area (Å²) in [4.78, 5) is 2.12. The molecule has 3 aromatic carbocycles. The van der Waals surface area contributed by atoms with Crippen LogP contribution in [-0.4, -0.2) is 43.8 Å². The van der Waals surface area contributed by atoms with Gasteiger partial charge in [0.1, 0.15) is 18.1 Å². The van der Waals surface area contributed by atoms with Crippen molar-refractivity contribution >= 4 is 5.69 Å². The Balaban J connectivity index is 1.27. The topological polar surface area (TPSA) is 44.7 Å². The van der Waals surface area contributed by atoms with Gasteiger partial charge in [-0.2, -0.15) is 0 Å². The largest absolute Gasteiger partial charge is 0.508 e. The van der Waals surface area contributed by atoms with Crippen molar-refractivity contribution in [2.75, 3.05) is 39.1 Å². The van der Waals surface area contributed by atoms with Crippen LogP contribution in [0.5, 0.6) is 11.5 Å². The number of benzene rings is 3. The molecule has 1 atom stereocenters. The standard InChI is InChI=1S/C29H36N2O2/c1-31(2)18-19-33-27-15-9-22(10-16-27)6-5-17-30-29-8-4-3-7-28(29)25-12-11-24-21-26(32)14-13-23(24)20-25/h3-4,7-10,13-16,21,25,30,32H,5-6,11-12,17-20H2,1-2H3/t25-/m1/s1. The number of fused-ring (bicyclic) bond motifs is 1. The molecule has 0 saturated carbocycles. The normalized spacial score (nSPS) is 15.3. The van der Waals surface area contributed by atoms with Crippen LogP contribution >= 0.6 is 0 Å². The quantitative estimate of drug-likeness (QED) is 0.397. The number of likely N-dealkylation sites (N-methyl/N-ethyl adjacent to an activating group) is 1. The first kappa shape index (κ1) is 23.2. The average Bonchev–Trinajstić information content (AvgIpc) is 2.82. The van der Waals surface area contributed by atoms with Gasteiger partial charge in [-0.1, -0.05) is 36.4 Å². The van der Waals surface area contributed by atoms with Crippen LogP contribution in [0.4, 0.5) is 5.69 Å². The van der Waals surface area contributed by atoms with Gasteiger partial charge in [0, 0.05) is 18.8 Å². The maximum Gasteiger partial charge on any atom is 0.119 e. The van der Waals surface area contributed by atoms with Crippen molar-refractivity contribution in [1.29, 1.82) is 0 Å². The fourth-order valence-electron chi connectivity index (χ4n) is 4.63. The molecular weight excluding hydrogens is 408 g/mol. The second-order valence-electron chi connectivity index (χ2n) is 9.31. The minimum atomic E-state index is 0.376. The molecule has 1 aliphatic rings. The Hall–Kier alpha value is -2.98. The van der Waals surface area contributed by atoms with E-state index in [4.69, 9.17) is 4.74 Å². The van der Waals surface area contributed by atoms with Crippen molar-refractivity contribution in [2.24, 2.45) is 0 Å². The zero-order valence-electron chi connectivity index (χ0n) is 19.9. The average molecular weight is 445 g/mol. The van der Waals surface area contributed by atoms with Gasteiger partial charge in [-0.3, -0.25) is 0 Å². The van der Waals surface area contributed by atoms with E-state index < -0.39 is 0 Å². The Kier molecular flexibility index (Phi) is 7.90. The first-order chi connectivity index (χ1) is 16.1. The van der Waals surface area contributed by atoms with Crippen LogP contribution in [0, 0.1) is 0 Å². The molecule has 0 heterocycles. The minimum absolute atomic E-state index is 0.376. The van der Waals surface area contributed by atoms with Crippen molar-refractivity contribution < 1.29 is 9.84 Å². The number of hydrogen-bond donors (Lipinski definition) is 2. The maximum atomic E-state index is 9.77. The molecule has 0 fully saturated rings. The SMILES string of the molecule is CN(C)CCOc1ccc(CCCNc2ccccc2[C@@H]2CCc3cc(O)ccc3C2)cc1. The van der Waals surface area contributed by atoms with Crippen molar-refractivity contribution in [3.8, 4) is 11.5 Å². The molecule has 0 saturated heterocycles. The number of nitrogens with one attached hydrogen (secondary N) is 1. The molecule has 0 aliphatic heterocycles. The van der Waals surface area contributed by atoms with E-state index in [1.165, 1.54) is 27.9 Å². The van der Waals surface area contributed by atoms with E-state index in [1.807, 2.05) is 12.1 Å². The molecule has 4 nitrogen and oxygen atoms in total. The fraction of sp³-hybridized carbons (Fsp3) is 0.379. The molecule has 1 aliphatic carbocycles. The lowest BCUT2D eigenvalue weighted by Gasteiger charge is -2.27. The third-order valence-electron chi connectivity index (χ3n) is 6.51. The monoisotopic (exact) mass is 444 g/mol. The molecule has 0 amide bonds. The zero-order chi connectivity index (χ0) is 23.0. The Labute approximate surface area is 198 Å². The lowest BCUT2D eigenvalue weighted by Crippen LogP contribution is -2.19. The molecule has 4 heteroatoms. The third-order valence-corrected chi connectivity index (χ3v) is 6.51. The van der Waals surface area contributed by atoms with Crippen molar-refractivity contribution in [3.63, 3.8) is 0 Å². The summed E-state index contributed by atoms with van der Waals surface area (Å²) in [6.45, 7) is 2.59. The van der Waals surface area contributed by atoms with Crippen molar-refractivity contribution in [1.82, 2.24) is 4.90 Å². The Bertz CT molecular complexity index is 1030. The Morgan fingerprint density at radius 2 is 1.82 bits per heavy atom. The number of aryl methyl sites for hydroxylation is 2. The maximum absolute atomic E-state index is 9.77. The highest BCUT2D eigenvalue weighted by atomic mass is 16.5. The van der Waals surface area contributed by atoms with Crippen LogP contribution in [0.1, 0.15) is 41.0 Å². The van der Waals surface area contributed by atoms with Gasteiger partial charge >= 0.3 is 0 Å². The first-order valence-corrected chi connectivity index (χ1v) is 12.1. The van der Waals surface area contributed by atoms with Gasteiger partial charge in [-0.05, 0) is 105 Å². The summed E-state index contributed by atoms with van der Waals surface area (Å²) in [5, 5.41) is 13.5. The van der Waals surface area contributed by atoms with Crippen LogP contribution in [0.25, 0.3) is 0 Å². The number of para-hydroxylation sites is 1. The van der Waals surface area contributed by atoms with Gasteiger partial charge in [0.25, 0.3) is 0 Å². The summed E-state index contributed by atoms with van der Waals surface area (Å²) in [6, 6.07) is 23.1. The summed E-state index contributed by atoms with van der Waals surface area (Å²) >= 11 is 0. The molecule has 33 heavy (non-hydrogen) atoms. The lowest BCUT2D eigenvalue weighted by molar-refractivity contribution is 0.261. The summed E-state index contributed by atoms with van der Waals surface area (Å²) < 4.78 is 5.79. The second-order valence-corrected chi connectivity index (χ2v) is 9.31. The van der Waals surface area contributed by atoms with Gasteiger partial charge < -0.3 is 20.1 Å². The number of phenolic OH excluding ortho intramolecular Hbond substituents is 1.